The molecule has 1 aromatic rings. The number of nitrogens with one attached hydrogen (secondary N) is 1. The summed E-state index contributed by atoms with van der Waals surface area (Å²) in [6, 6.07) is 8.59. The van der Waals surface area contributed by atoms with E-state index in [1.54, 1.807) is 7.11 Å². The zero-order valence-electron chi connectivity index (χ0n) is 10.7. The predicted molar refractivity (Wildman–Crippen MR) is 68.0 cm³/mol. The standard InChI is InChI=1S/C13H22N2O/c1-11(14-9-10-15(2)3)12-5-7-13(16-4)8-6-12/h5-8,11,14H,9-10H2,1-4H3. The molecule has 0 aliphatic carbocycles. The minimum Gasteiger partial charge on any atom is -0.497 e. The number of likely N-dealkylation sites (N-methyl/N-ethyl adjacent to an activating group) is 1. The Hall–Kier alpha value is -1.06. The van der Waals surface area contributed by atoms with E-state index in [0.717, 1.165) is 18.8 Å². The Morgan fingerprint density at radius 2 is 1.88 bits per heavy atom. The lowest BCUT2D eigenvalue weighted by Gasteiger charge is -2.16. The third-order valence-electron chi connectivity index (χ3n) is 2.63. The van der Waals surface area contributed by atoms with Gasteiger partial charge in [0.25, 0.3) is 0 Å². The summed E-state index contributed by atoms with van der Waals surface area (Å²) in [5.41, 5.74) is 1.29. The van der Waals surface area contributed by atoms with Crippen molar-refractivity contribution in [1.29, 1.82) is 0 Å². The summed E-state index contributed by atoms with van der Waals surface area (Å²) in [4.78, 5) is 2.17. The molecule has 3 heteroatoms. The Morgan fingerprint density at radius 3 is 2.38 bits per heavy atom. The molecule has 0 amide bonds. The molecule has 1 atom stereocenters. The molecule has 0 aliphatic rings. The van der Waals surface area contributed by atoms with E-state index < -0.39 is 0 Å². The summed E-state index contributed by atoms with van der Waals surface area (Å²) in [7, 11) is 5.85. The Labute approximate surface area is 98.4 Å². The van der Waals surface area contributed by atoms with Crippen LogP contribution in [0.15, 0.2) is 24.3 Å². The van der Waals surface area contributed by atoms with Crippen LogP contribution in [0.3, 0.4) is 0 Å². The minimum absolute atomic E-state index is 0.380. The normalized spacial score (nSPS) is 12.8. The van der Waals surface area contributed by atoms with Crippen LogP contribution >= 0.6 is 0 Å². The summed E-state index contributed by atoms with van der Waals surface area (Å²) in [5, 5.41) is 3.49. The van der Waals surface area contributed by atoms with E-state index in [2.05, 4.69) is 43.4 Å². The Morgan fingerprint density at radius 1 is 1.25 bits per heavy atom. The largest absolute Gasteiger partial charge is 0.497 e. The van der Waals surface area contributed by atoms with Crippen LogP contribution in [-0.2, 0) is 0 Å². The molecule has 1 aromatic carbocycles. The molecule has 0 bridgehead atoms. The molecule has 0 fully saturated rings. The Kier molecular flexibility index (Phi) is 5.29. The second-order valence-corrected chi connectivity index (χ2v) is 4.25. The van der Waals surface area contributed by atoms with Gasteiger partial charge < -0.3 is 15.0 Å². The maximum Gasteiger partial charge on any atom is 0.118 e. The van der Waals surface area contributed by atoms with Gasteiger partial charge in [-0.25, -0.2) is 0 Å². The topological polar surface area (TPSA) is 24.5 Å². The molecular weight excluding hydrogens is 200 g/mol. The fourth-order valence-corrected chi connectivity index (χ4v) is 1.52. The molecular formula is C13H22N2O. The number of benzene rings is 1. The molecule has 0 aliphatic heterocycles. The number of rotatable bonds is 6. The fourth-order valence-electron chi connectivity index (χ4n) is 1.52. The molecule has 0 heterocycles. The highest BCUT2D eigenvalue weighted by molar-refractivity contribution is 5.28. The molecule has 0 radical (unpaired) electrons. The first kappa shape index (κ1) is 13.0. The molecule has 0 spiro atoms. The summed E-state index contributed by atoms with van der Waals surface area (Å²) >= 11 is 0. The van der Waals surface area contributed by atoms with Crippen molar-refractivity contribution in [1.82, 2.24) is 10.2 Å². The lowest BCUT2D eigenvalue weighted by molar-refractivity contribution is 0.389. The van der Waals surface area contributed by atoms with Crippen LogP contribution < -0.4 is 10.1 Å². The Bertz CT molecular complexity index is 295. The second-order valence-electron chi connectivity index (χ2n) is 4.25. The monoisotopic (exact) mass is 222 g/mol. The summed E-state index contributed by atoms with van der Waals surface area (Å²) in [6.45, 7) is 4.23. The smallest absolute Gasteiger partial charge is 0.118 e. The number of ether oxygens (including phenoxy) is 1. The summed E-state index contributed by atoms with van der Waals surface area (Å²) < 4.78 is 5.13. The van der Waals surface area contributed by atoms with Crippen molar-refractivity contribution in [3.63, 3.8) is 0 Å². The molecule has 1 unspecified atom stereocenters. The van der Waals surface area contributed by atoms with Gasteiger partial charge in [-0.15, -0.1) is 0 Å². The quantitative estimate of drug-likeness (QED) is 0.795. The minimum atomic E-state index is 0.380. The zero-order chi connectivity index (χ0) is 12.0. The SMILES string of the molecule is COc1ccc(C(C)NCCN(C)C)cc1. The van der Waals surface area contributed by atoms with Gasteiger partial charge in [-0.1, -0.05) is 12.1 Å². The average molecular weight is 222 g/mol. The van der Waals surface area contributed by atoms with Crippen molar-refractivity contribution < 1.29 is 4.74 Å². The average Bonchev–Trinajstić information content (AvgIpc) is 2.28. The molecule has 0 saturated heterocycles. The van der Waals surface area contributed by atoms with Crippen molar-refractivity contribution >= 4 is 0 Å². The van der Waals surface area contributed by atoms with Crippen LogP contribution in [0.1, 0.15) is 18.5 Å². The summed E-state index contributed by atoms with van der Waals surface area (Å²) in [6.07, 6.45) is 0. The lowest BCUT2D eigenvalue weighted by Crippen LogP contribution is -2.28. The van der Waals surface area contributed by atoms with E-state index in [1.165, 1.54) is 5.56 Å². The molecule has 0 saturated carbocycles. The first-order valence-electron chi connectivity index (χ1n) is 5.65. The van der Waals surface area contributed by atoms with Crippen molar-refractivity contribution in [2.75, 3.05) is 34.3 Å². The van der Waals surface area contributed by atoms with Crippen LogP contribution in [0, 0.1) is 0 Å². The van der Waals surface area contributed by atoms with E-state index in [0.29, 0.717) is 6.04 Å². The van der Waals surface area contributed by atoms with E-state index in [-0.39, 0.29) is 0 Å². The first-order valence-corrected chi connectivity index (χ1v) is 5.65. The van der Waals surface area contributed by atoms with Gasteiger partial charge in [0.1, 0.15) is 5.75 Å². The van der Waals surface area contributed by atoms with Gasteiger partial charge in [-0.2, -0.15) is 0 Å². The molecule has 3 nitrogen and oxygen atoms in total. The third kappa shape index (κ3) is 4.21. The van der Waals surface area contributed by atoms with Crippen LogP contribution in [0.25, 0.3) is 0 Å². The number of hydrogen-bond donors (Lipinski definition) is 1. The zero-order valence-corrected chi connectivity index (χ0v) is 10.7. The summed E-state index contributed by atoms with van der Waals surface area (Å²) in [5.74, 6) is 0.907. The molecule has 90 valence electrons. The van der Waals surface area contributed by atoms with Gasteiger partial charge in [-0.05, 0) is 38.7 Å². The van der Waals surface area contributed by atoms with Crippen molar-refractivity contribution in [2.24, 2.45) is 0 Å². The maximum atomic E-state index is 5.13. The van der Waals surface area contributed by atoms with Crippen LogP contribution in [0.4, 0.5) is 0 Å². The molecule has 0 aromatic heterocycles. The predicted octanol–water partition coefficient (Wildman–Crippen LogP) is 1.91. The van der Waals surface area contributed by atoms with Crippen molar-refractivity contribution in [2.45, 2.75) is 13.0 Å². The van der Waals surface area contributed by atoms with Crippen molar-refractivity contribution in [3.8, 4) is 5.75 Å². The van der Waals surface area contributed by atoms with Crippen molar-refractivity contribution in [3.05, 3.63) is 29.8 Å². The van der Waals surface area contributed by atoms with E-state index in [4.69, 9.17) is 4.74 Å². The third-order valence-corrected chi connectivity index (χ3v) is 2.63. The number of nitrogens with zero attached hydrogens (tertiary/aromatic N) is 1. The molecule has 1 rings (SSSR count). The molecule has 16 heavy (non-hydrogen) atoms. The van der Waals surface area contributed by atoms with Gasteiger partial charge >= 0.3 is 0 Å². The van der Waals surface area contributed by atoms with Gasteiger partial charge in [0, 0.05) is 19.1 Å². The maximum absolute atomic E-state index is 5.13. The van der Waals surface area contributed by atoms with E-state index in [1.807, 2.05) is 12.1 Å². The van der Waals surface area contributed by atoms with Gasteiger partial charge in [0.2, 0.25) is 0 Å². The van der Waals surface area contributed by atoms with Crippen LogP contribution in [0.2, 0.25) is 0 Å². The highest BCUT2D eigenvalue weighted by Crippen LogP contribution is 2.16. The molecule has 1 N–H and O–H groups in total. The number of hydrogen-bond acceptors (Lipinski definition) is 3. The van der Waals surface area contributed by atoms with Gasteiger partial charge in [-0.3, -0.25) is 0 Å². The van der Waals surface area contributed by atoms with Crippen LogP contribution in [-0.4, -0.2) is 39.2 Å². The number of methoxy groups -OCH3 is 1. The second kappa shape index (κ2) is 6.51. The van der Waals surface area contributed by atoms with E-state index >= 15 is 0 Å². The lowest BCUT2D eigenvalue weighted by atomic mass is 10.1. The Balaban J connectivity index is 2.43. The van der Waals surface area contributed by atoms with Gasteiger partial charge in [0.05, 0.1) is 7.11 Å². The first-order chi connectivity index (χ1) is 7.63. The highest BCUT2D eigenvalue weighted by atomic mass is 16.5. The fraction of sp³-hybridized carbons (Fsp3) is 0.538. The highest BCUT2D eigenvalue weighted by Gasteiger charge is 2.04. The van der Waals surface area contributed by atoms with Gasteiger partial charge in [0.15, 0.2) is 0 Å². The van der Waals surface area contributed by atoms with Crippen LogP contribution in [0.5, 0.6) is 5.75 Å². The van der Waals surface area contributed by atoms with E-state index in [9.17, 15) is 0 Å².